The molecule has 1 nitrogen and oxygen atoms in total. The van der Waals surface area contributed by atoms with E-state index in [2.05, 4.69) is 103 Å². The molecule has 3 rings (SSSR count). The first kappa shape index (κ1) is 16.9. The van der Waals surface area contributed by atoms with Crippen molar-refractivity contribution < 1.29 is 0 Å². The van der Waals surface area contributed by atoms with Crippen molar-refractivity contribution in [3.8, 4) is 0 Å². The van der Waals surface area contributed by atoms with E-state index >= 15 is 0 Å². The van der Waals surface area contributed by atoms with E-state index in [1.165, 1.54) is 28.8 Å². The van der Waals surface area contributed by atoms with Crippen molar-refractivity contribution >= 4 is 23.3 Å². The molecule has 0 unspecified atom stereocenters. The van der Waals surface area contributed by atoms with Crippen molar-refractivity contribution in [2.75, 3.05) is 6.54 Å². The number of hydrogen-bond donors (Lipinski definition) is 1. The molecular weight excluding hydrogens is 309 g/mol. The van der Waals surface area contributed by atoms with Gasteiger partial charge in [0.15, 0.2) is 0 Å². The number of rotatable bonds is 7. The minimum absolute atomic E-state index is 1.04. The Labute approximate surface area is 146 Å². The van der Waals surface area contributed by atoms with Gasteiger partial charge in [-0.25, -0.2) is 0 Å². The Hall–Kier alpha value is -1.95. The van der Waals surface area contributed by atoms with E-state index in [-0.39, 0.29) is 0 Å². The fourth-order valence-corrected chi connectivity index (χ4v) is 7.56. The standard InChI is InChI=1S/C22H26NP/c1-2-3-19-23-24(20-13-7-4-8-14-20,21-15-9-5-10-16-21)22-17-11-6-12-18-22/h4-18,23-24H,2-3,19H2,1H3. The number of hydrogen-bond acceptors (Lipinski definition) is 1. The van der Waals surface area contributed by atoms with E-state index in [1.807, 2.05) is 0 Å². The Morgan fingerprint density at radius 2 is 1.00 bits per heavy atom. The maximum atomic E-state index is 4.02. The van der Waals surface area contributed by atoms with Crippen LogP contribution in [0.5, 0.6) is 0 Å². The molecule has 0 aromatic heterocycles. The molecule has 0 bridgehead atoms. The molecule has 0 fully saturated rings. The van der Waals surface area contributed by atoms with Crippen LogP contribution in [-0.4, -0.2) is 6.54 Å². The van der Waals surface area contributed by atoms with Crippen LogP contribution < -0.4 is 21.0 Å². The molecule has 0 saturated carbocycles. The van der Waals surface area contributed by atoms with Crippen LogP contribution in [0.3, 0.4) is 0 Å². The van der Waals surface area contributed by atoms with Gasteiger partial charge in [0.1, 0.15) is 0 Å². The first-order valence-corrected chi connectivity index (χ1v) is 10.8. The number of unbranched alkanes of at least 4 members (excludes halogenated alkanes) is 1. The van der Waals surface area contributed by atoms with Crippen molar-refractivity contribution in [2.45, 2.75) is 19.8 Å². The summed E-state index contributed by atoms with van der Waals surface area (Å²) in [6.45, 7) is 3.29. The average molecular weight is 335 g/mol. The summed E-state index contributed by atoms with van der Waals surface area (Å²) in [5.74, 6) is 0. The van der Waals surface area contributed by atoms with Gasteiger partial charge in [-0.05, 0) is 0 Å². The molecule has 0 heterocycles. The fourth-order valence-electron chi connectivity index (χ4n) is 3.32. The van der Waals surface area contributed by atoms with Gasteiger partial charge in [-0.3, -0.25) is 0 Å². The Balaban J connectivity index is 2.20. The van der Waals surface area contributed by atoms with Gasteiger partial charge in [0.25, 0.3) is 0 Å². The Morgan fingerprint density at radius 1 is 0.625 bits per heavy atom. The molecule has 24 heavy (non-hydrogen) atoms. The van der Waals surface area contributed by atoms with E-state index in [9.17, 15) is 0 Å². The predicted molar refractivity (Wildman–Crippen MR) is 109 cm³/mol. The summed E-state index contributed by atoms with van der Waals surface area (Å²) in [6.07, 6.45) is 2.40. The SMILES string of the molecule is CCCCN[PH](c1ccccc1)(c1ccccc1)c1ccccc1. The zero-order valence-electron chi connectivity index (χ0n) is 14.3. The van der Waals surface area contributed by atoms with Crippen molar-refractivity contribution in [2.24, 2.45) is 0 Å². The van der Waals surface area contributed by atoms with E-state index in [0.717, 1.165) is 6.54 Å². The van der Waals surface area contributed by atoms with Gasteiger partial charge in [0, 0.05) is 0 Å². The van der Waals surface area contributed by atoms with Crippen molar-refractivity contribution in [3.05, 3.63) is 91.0 Å². The van der Waals surface area contributed by atoms with E-state index in [4.69, 9.17) is 0 Å². The molecule has 3 aromatic rings. The van der Waals surface area contributed by atoms with Gasteiger partial charge >= 0.3 is 146 Å². The minimum atomic E-state index is -2.21. The maximum absolute atomic E-state index is 4.02. The summed E-state index contributed by atoms with van der Waals surface area (Å²) in [5.41, 5.74) is 0. The molecule has 0 aliphatic heterocycles. The molecule has 0 aliphatic carbocycles. The molecule has 3 aromatic carbocycles. The summed E-state index contributed by atoms with van der Waals surface area (Å²) in [7, 11) is -2.21. The summed E-state index contributed by atoms with van der Waals surface area (Å²) in [5, 5.41) is 8.27. The number of nitrogens with one attached hydrogen (secondary N) is 1. The molecule has 0 radical (unpaired) electrons. The van der Waals surface area contributed by atoms with Crippen LogP contribution in [-0.2, 0) is 0 Å². The predicted octanol–water partition coefficient (Wildman–Crippen LogP) is 4.02. The molecule has 0 atom stereocenters. The zero-order chi connectivity index (χ0) is 16.7. The summed E-state index contributed by atoms with van der Waals surface area (Å²) in [6, 6.07) is 32.9. The van der Waals surface area contributed by atoms with Crippen LogP contribution in [0.15, 0.2) is 91.0 Å². The fraction of sp³-hybridized carbons (Fsp3) is 0.182. The molecule has 0 aliphatic rings. The van der Waals surface area contributed by atoms with Gasteiger partial charge in [0.05, 0.1) is 0 Å². The van der Waals surface area contributed by atoms with E-state index < -0.39 is 7.41 Å². The number of benzene rings is 3. The van der Waals surface area contributed by atoms with Gasteiger partial charge in [-0.15, -0.1) is 0 Å². The van der Waals surface area contributed by atoms with Crippen LogP contribution >= 0.6 is 7.41 Å². The quantitative estimate of drug-likeness (QED) is 0.508. The topological polar surface area (TPSA) is 12.0 Å². The van der Waals surface area contributed by atoms with Crippen LogP contribution in [0, 0.1) is 0 Å². The van der Waals surface area contributed by atoms with Gasteiger partial charge < -0.3 is 0 Å². The van der Waals surface area contributed by atoms with Crippen molar-refractivity contribution in [1.82, 2.24) is 5.09 Å². The molecule has 0 amide bonds. The Morgan fingerprint density at radius 3 is 1.33 bits per heavy atom. The monoisotopic (exact) mass is 335 g/mol. The second kappa shape index (κ2) is 8.24. The third-order valence-corrected chi connectivity index (χ3v) is 8.92. The molecule has 124 valence electrons. The van der Waals surface area contributed by atoms with Gasteiger partial charge in [0.2, 0.25) is 0 Å². The first-order valence-electron chi connectivity index (χ1n) is 8.79. The van der Waals surface area contributed by atoms with Crippen LogP contribution in [0.1, 0.15) is 19.8 Å². The second-order valence-electron chi connectivity index (χ2n) is 6.13. The summed E-state index contributed by atoms with van der Waals surface area (Å²) < 4.78 is 0. The van der Waals surface area contributed by atoms with Crippen molar-refractivity contribution in [1.29, 1.82) is 0 Å². The average Bonchev–Trinajstić information content (AvgIpc) is 2.68. The third kappa shape index (κ3) is 3.43. The molecule has 0 saturated heterocycles. The molecule has 0 spiro atoms. The summed E-state index contributed by atoms with van der Waals surface area (Å²) in [4.78, 5) is 0. The zero-order valence-corrected chi connectivity index (χ0v) is 15.3. The molecule has 1 N–H and O–H groups in total. The molecular formula is C22H26NP. The van der Waals surface area contributed by atoms with Crippen LogP contribution in [0.2, 0.25) is 0 Å². The van der Waals surface area contributed by atoms with Crippen LogP contribution in [0.4, 0.5) is 0 Å². The first-order chi connectivity index (χ1) is 11.9. The van der Waals surface area contributed by atoms with Crippen molar-refractivity contribution in [3.63, 3.8) is 0 Å². The Bertz CT molecular complexity index is 629. The second-order valence-corrected chi connectivity index (χ2v) is 9.71. The third-order valence-electron chi connectivity index (χ3n) is 4.54. The molecule has 2 heteroatoms. The Kier molecular flexibility index (Phi) is 5.80. The van der Waals surface area contributed by atoms with Gasteiger partial charge in [-0.1, -0.05) is 0 Å². The van der Waals surface area contributed by atoms with Gasteiger partial charge in [-0.2, -0.15) is 0 Å². The van der Waals surface area contributed by atoms with Crippen LogP contribution in [0.25, 0.3) is 0 Å². The van der Waals surface area contributed by atoms with E-state index in [1.54, 1.807) is 0 Å². The normalized spacial score (nSPS) is 12.0. The van der Waals surface area contributed by atoms with E-state index in [0.29, 0.717) is 0 Å². The summed E-state index contributed by atoms with van der Waals surface area (Å²) >= 11 is 0.